The molecule has 76 valence electrons. The Bertz CT molecular complexity index is 413. The molecule has 1 N–H and O–H groups in total. The SMILES string of the molecule is Cl.ClCc1nc2cc(Cl)c(Cl)cc2[nH]1. The molecular weight excluding hydrogens is 266 g/mol. The maximum atomic E-state index is 5.83. The number of nitrogens with one attached hydrogen (secondary N) is 1. The van der Waals surface area contributed by atoms with Crippen LogP contribution in [0.25, 0.3) is 11.0 Å². The summed E-state index contributed by atoms with van der Waals surface area (Å²) in [7, 11) is 0. The van der Waals surface area contributed by atoms with Crippen LogP contribution in [0.1, 0.15) is 5.82 Å². The standard InChI is InChI=1S/C8H5Cl3N2.ClH/c9-3-8-12-6-1-4(10)5(11)2-7(6)13-8;/h1-2H,3H2,(H,12,13);1H. The largest absolute Gasteiger partial charge is 0.341 e. The third kappa shape index (κ3) is 2.09. The van der Waals surface area contributed by atoms with Gasteiger partial charge < -0.3 is 4.98 Å². The highest BCUT2D eigenvalue weighted by Gasteiger charge is 2.05. The van der Waals surface area contributed by atoms with E-state index in [1.54, 1.807) is 12.1 Å². The highest BCUT2D eigenvalue weighted by Crippen LogP contribution is 2.26. The molecule has 2 rings (SSSR count). The minimum atomic E-state index is 0. The fourth-order valence-electron chi connectivity index (χ4n) is 1.12. The Labute approximate surface area is 102 Å². The van der Waals surface area contributed by atoms with Crippen LogP contribution in [-0.4, -0.2) is 9.97 Å². The van der Waals surface area contributed by atoms with E-state index < -0.39 is 0 Å². The molecule has 0 saturated heterocycles. The van der Waals surface area contributed by atoms with E-state index in [1.807, 2.05) is 0 Å². The molecule has 0 atom stereocenters. The number of hydrogen-bond donors (Lipinski definition) is 1. The van der Waals surface area contributed by atoms with E-state index in [0.717, 1.165) is 16.9 Å². The molecule has 6 heteroatoms. The predicted molar refractivity (Wildman–Crippen MR) is 62.9 cm³/mol. The molecule has 0 unspecified atom stereocenters. The Morgan fingerprint density at radius 3 is 2.50 bits per heavy atom. The summed E-state index contributed by atoms with van der Waals surface area (Å²) in [5.41, 5.74) is 1.63. The lowest BCUT2D eigenvalue weighted by Gasteiger charge is -1.93. The minimum absolute atomic E-state index is 0. The first-order chi connectivity index (χ1) is 6.20. The molecule has 1 aromatic heterocycles. The number of aromatic nitrogens is 2. The number of imidazole rings is 1. The lowest BCUT2D eigenvalue weighted by Crippen LogP contribution is -1.76. The van der Waals surface area contributed by atoms with Gasteiger partial charge in [0.05, 0.1) is 27.0 Å². The number of H-pyrrole nitrogens is 1. The first-order valence-corrected chi connectivity index (χ1v) is 4.89. The van der Waals surface area contributed by atoms with Crippen LogP contribution in [0.15, 0.2) is 12.1 Å². The molecule has 0 radical (unpaired) electrons. The van der Waals surface area contributed by atoms with Crippen LogP contribution in [0.2, 0.25) is 10.0 Å². The van der Waals surface area contributed by atoms with Gasteiger partial charge in [-0.2, -0.15) is 0 Å². The zero-order chi connectivity index (χ0) is 9.42. The van der Waals surface area contributed by atoms with Gasteiger partial charge in [-0.3, -0.25) is 0 Å². The Morgan fingerprint density at radius 2 is 1.86 bits per heavy atom. The topological polar surface area (TPSA) is 28.7 Å². The number of rotatable bonds is 1. The number of fused-ring (bicyclic) bond motifs is 1. The lowest BCUT2D eigenvalue weighted by atomic mass is 10.3. The highest BCUT2D eigenvalue weighted by molar-refractivity contribution is 6.42. The van der Waals surface area contributed by atoms with E-state index in [0.29, 0.717) is 15.9 Å². The molecule has 0 fully saturated rings. The van der Waals surface area contributed by atoms with Crippen molar-refractivity contribution >= 4 is 58.2 Å². The zero-order valence-electron chi connectivity index (χ0n) is 6.85. The molecule has 1 heterocycles. The van der Waals surface area contributed by atoms with Gasteiger partial charge in [0.1, 0.15) is 5.82 Å². The molecule has 0 spiro atoms. The third-order valence-electron chi connectivity index (χ3n) is 1.70. The van der Waals surface area contributed by atoms with Gasteiger partial charge in [0, 0.05) is 0 Å². The lowest BCUT2D eigenvalue weighted by molar-refractivity contribution is 1.13. The Balaban J connectivity index is 0.000000980. The van der Waals surface area contributed by atoms with Crippen molar-refractivity contribution in [3.05, 3.63) is 28.0 Å². The van der Waals surface area contributed by atoms with Crippen molar-refractivity contribution in [1.29, 1.82) is 0 Å². The highest BCUT2D eigenvalue weighted by atomic mass is 35.5. The monoisotopic (exact) mass is 270 g/mol. The Kier molecular flexibility index (Phi) is 3.90. The van der Waals surface area contributed by atoms with Crippen molar-refractivity contribution < 1.29 is 0 Å². The van der Waals surface area contributed by atoms with E-state index >= 15 is 0 Å². The zero-order valence-corrected chi connectivity index (χ0v) is 9.94. The van der Waals surface area contributed by atoms with Crippen molar-refractivity contribution in [2.75, 3.05) is 0 Å². The van der Waals surface area contributed by atoms with Crippen LogP contribution in [0.5, 0.6) is 0 Å². The summed E-state index contributed by atoms with van der Waals surface area (Å²) in [5.74, 6) is 1.07. The summed E-state index contributed by atoms with van der Waals surface area (Å²) in [6.07, 6.45) is 0. The molecule has 14 heavy (non-hydrogen) atoms. The van der Waals surface area contributed by atoms with Crippen molar-refractivity contribution in [3.8, 4) is 0 Å². The van der Waals surface area contributed by atoms with Crippen molar-refractivity contribution in [3.63, 3.8) is 0 Å². The number of nitrogens with zero attached hydrogens (tertiary/aromatic N) is 1. The third-order valence-corrected chi connectivity index (χ3v) is 2.67. The second-order valence-electron chi connectivity index (χ2n) is 2.60. The van der Waals surface area contributed by atoms with Gasteiger partial charge in [0.25, 0.3) is 0 Å². The summed E-state index contributed by atoms with van der Waals surface area (Å²) in [4.78, 5) is 7.23. The maximum Gasteiger partial charge on any atom is 0.122 e. The number of aromatic amines is 1. The summed E-state index contributed by atoms with van der Waals surface area (Å²) >= 11 is 17.3. The number of alkyl halides is 1. The molecule has 2 aromatic rings. The van der Waals surface area contributed by atoms with Gasteiger partial charge in [-0.15, -0.1) is 24.0 Å². The van der Waals surface area contributed by atoms with E-state index in [-0.39, 0.29) is 12.4 Å². The van der Waals surface area contributed by atoms with E-state index in [4.69, 9.17) is 34.8 Å². The Morgan fingerprint density at radius 1 is 1.21 bits per heavy atom. The summed E-state index contributed by atoms with van der Waals surface area (Å²) < 4.78 is 0. The summed E-state index contributed by atoms with van der Waals surface area (Å²) in [6.45, 7) is 0. The van der Waals surface area contributed by atoms with Crippen molar-refractivity contribution in [2.45, 2.75) is 5.88 Å². The smallest absolute Gasteiger partial charge is 0.122 e. The number of hydrogen-bond acceptors (Lipinski definition) is 1. The fraction of sp³-hybridized carbons (Fsp3) is 0.125. The van der Waals surface area contributed by atoms with Gasteiger partial charge in [-0.05, 0) is 12.1 Å². The molecule has 0 aliphatic carbocycles. The van der Waals surface area contributed by atoms with Crippen LogP contribution in [0, 0.1) is 0 Å². The average molecular weight is 272 g/mol. The molecule has 0 amide bonds. The van der Waals surface area contributed by atoms with Crippen LogP contribution >= 0.6 is 47.2 Å². The van der Waals surface area contributed by atoms with Gasteiger partial charge in [-0.25, -0.2) is 4.98 Å². The van der Waals surface area contributed by atoms with Gasteiger partial charge in [0.2, 0.25) is 0 Å². The van der Waals surface area contributed by atoms with E-state index in [1.165, 1.54) is 0 Å². The molecule has 0 bridgehead atoms. The van der Waals surface area contributed by atoms with Crippen LogP contribution in [0.3, 0.4) is 0 Å². The molecule has 0 aliphatic rings. The number of halogens is 4. The quantitative estimate of drug-likeness (QED) is 0.780. The molecule has 0 saturated carbocycles. The normalized spacial score (nSPS) is 10.2. The van der Waals surface area contributed by atoms with E-state index in [9.17, 15) is 0 Å². The minimum Gasteiger partial charge on any atom is -0.341 e. The van der Waals surface area contributed by atoms with Crippen LogP contribution < -0.4 is 0 Å². The number of benzene rings is 1. The second kappa shape index (κ2) is 4.58. The van der Waals surface area contributed by atoms with Gasteiger partial charge >= 0.3 is 0 Å². The average Bonchev–Trinajstić information content (AvgIpc) is 2.48. The predicted octanol–water partition coefficient (Wildman–Crippen LogP) is 4.03. The second-order valence-corrected chi connectivity index (χ2v) is 3.68. The van der Waals surface area contributed by atoms with Crippen LogP contribution in [-0.2, 0) is 5.88 Å². The molecule has 1 aromatic carbocycles. The fourth-order valence-corrected chi connectivity index (χ4v) is 1.57. The summed E-state index contributed by atoms with van der Waals surface area (Å²) in [5, 5.41) is 1.01. The van der Waals surface area contributed by atoms with E-state index in [2.05, 4.69) is 9.97 Å². The first-order valence-electron chi connectivity index (χ1n) is 3.60. The molecule has 0 aliphatic heterocycles. The maximum absolute atomic E-state index is 5.83. The molecular formula is C8H6Cl4N2. The Hall–Kier alpha value is -0.150. The van der Waals surface area contributed by atoms with Gasteiger partial charge in [-0.1, -0.05) is 23.2 Å². The first kappa shape index (κ1) is 11.9. The molecule has 2 nitrogen and oxygen atoms in total. The van der Waals surface area contributed by atoms with Crippen molar-refractivity contribution in [2.24, 2.45) is 0 Å². The summed E-state index contributed by atoms with van der Waals surface area (Å²) in [6, 6.07) is 3.45. The van der Waals surface area contributed by atoms with Gasteiger partial charge in [0.15, 0.2) is 0 Å². The van der Waals surface area contributed by atoms with Crippen molar-refractivity contribution in [1.82, 2.24) is 9.97 Å². The van der Waals surface area contributed by atoms with Crippen LogP contribution in [0.4, 0.5) is 0 Å².